The van der Waals surface area contributed by atoms with Crippen molar-refractivity contribution in [2.24, 2.45) is 0 Å². The number of likely N-dealkylation sites (N-methyl/N-ethyl adjacent to an activating group) is 1. The second-order valence-corrected chi connectivity index (χ2v) is 22.8. The number of phosphoric acid groups is 1. The summed E-state index contributed by atoms with van der Waals surface area (Å²) in [6.45, 7) is 4.84. The molecule has 0 bridgehead atoms. The molecule has 67 heavy (non-hydrogen) atoms. The molecule has 3 unspecified atom stereocenters. The Bertz CT molecular complexity index is 1140. The van der Waals surface area contributed by atoms with Crippen LogP contribution >= 0.6 is 7.82 Å². The zero-order valence-electron chi connectivity index (χ0n) is 45.4. The number of nitrogens with one attached hydrogen (secondary N) is 1. The number of carbonyl (C=O) groups excluding carboxylic acids is 1. The zero-order valence-corrected chi connectivity index (χ0v) is 46.3. The minimum absolute atomic E-state index is 0.0588. The van der Waals surface area contributed by atoms with Gasteiger partial charge in [-0.1, -0.05) is 276 Å². The van der Waals surface area contributed by atoms with Crippen LogP contribution in [0.25, 0.3) is 0 Å². The van der Waals surface area contributed by atoms with E-state index in [9.17, 15) is 19.4 Å². The Morgan fingerprint density at radius 1 is 0.493 bits per heavy atom. The van der Waals surface area contributed by atoms with Crippen molar-refractivity contribution >= 4 is 13.7 Å². The van der Waals surface area contributed by atoms with Gasteiger partial charge in [0.1, 0.15) is 13.2 Å². The van der Waals surface area contributed by atoms with Crippen LogP contribution in [0.15, 0.2) is 24.3 Å². The first-order chi connectivity index (χ1) is 32.5. The van der Waals surface area contributed by atoms with E-state index < -0.39 is 20.0 Å². The Morgan fingerprint density at radius 2 is 0.821 bits per heavy atom. The molecule has 0 fully saturated rings. The van der Waals surface area contributed by atoms with Crippen molar-refractivity contribution in [3.8, 4) is 0 Å². The van der Waals surface area contributed by atoms with Gasteiger partial charge in [0.05, 0.1) is 39.9 Å². The first-order valence-corrected chi connectivity index (χ1v) is 30.7. The predicted molar refractivity (Wildman–Crippen MR) is 291 cm³/mol. The Balaban J connectivity index is 4.23. The maximum atomic E-state index is 13.0. The van der Waals surface area contributed by atoms with Gasteiger partial charge >= 0.3 is 7.82 Å². The maximum Gasteiger partial charge on any atom is 0.472 e. The molecular formula is C58H116N2O6P+. The number of amides is 1. The van der Waals surface area contributed by atoms with Crippen LogP contribution in [0.3, 0.4) is 0 Å². The number of phosphoric ester groups is 1. The van der Waals surface area contributed by atoms with E-state index in [2.05, 4.69) is 31.3 Å². The molecule has 9 heteroatoms. The molecule has 1 amide bonds. The fraction of sp³-hybridized carbons (Fsp3) is 0.914. The number of rotatable bonds is 54. The fourth-order valence-corrected chi connectivity index (χ4v) is 9.56. The zero-order chi connectivity index (χ0) is 49.2. The van der Waals surface area contributed by atoms with E-state index in [0.717, 1.165) is 38.5 Å². The summed E-state index contributed by atoms with van der Waals surface area (Å²) in [6.07, 6.45) is 62.8. The Kier molecular flexibility index (Phi) is 49.2. The molecule has 0 saturated carbocycles. The first-order valence-electron chi connectivity index (χ1n) is 29.2. The topological polar surface area (TPSA) is 105 Å². The van der Waals surface area contributed by atoms with Gasteiger partial charge in [-0.3, -0.25) is 13.8 Å². The monoisotopic (exact) mass is 968 g/mol. The van der Waals surface area contributed by atoms with Crippen LogP contribution in [0.2, 0.25) is 0 Å². The largest absolute Gasteiger partial charge is 0.472 e. The van der Waals surface area contributed by atoms with Gasteiger partial charge in [0, 0.05) is 6.42 Å². The molecule has 0 radical (unpaired) electrons. The minimum Gasteiger partial charge on any atom is -0.387 e. The highest BCUT2D eigenvalue weighted by molar-refractivity contribution is 7.47. The molecule has 8 nitrogen and oxygen atoms in total. The third-order valence-electron chi connectivity index (χ3n) is 13.4. The standard InChI is InChI=1S/C58H115N2O6P/c1-6-8-10-12-14-16-18-20-22-24-26-28-30-31-33-35-37-39-41-43-45-47-49-51-57(61)56(55-66-67(63,64)65-54-53-60(3,4)5)59-58(62)52-50-48-46-44-42-40-38-36-34-32-29-27-25-23-21-19-17-15-13-11-9-7-2/h41,43,49,51,56-57,61H,6-40,42,44-48,50,52-55H2,1-5H3,(H-,59,62,63,64)/p+1/b43-41+,51-49+. The lowest BCUT2D eigenvalue weighted by Gasteiger charge is -2.25. The summed E-state index contributed by atoms with van der Waals surface area (Å²) in [6, 6.07) is -0.860. The van der Waals surface area contributed by atoms with Gasteiger partial charge in [0.15, 0.2) is 0 Å². The van der Waals surface area contributed by atoms with E-state index >= 15 is 0 Å². The van der Waals surface area contributed by atoms with Crippen molar-refractivity contribution in [2.75, 3.05) is 40.9 Å². The van der Waals surface area contributed by atoms with Gasteiger partial charge < -0.3 is 19.8 Å². The lowest BCUT2D eigenvalue weighted by molar-refractivity contribution is -0.870. The van der Waals surface area contributed by atoms with E-state index in [1.807, 2.05) is 27.2 Å². The van der Waals surface area contributed by atoms with Crippen LogP contribution in [-0.2, 0) is 18.4 Å². The normalized spacial score (nSPS) is 14.1. The molecular weight excluding hydrogens is 852 g/mol. The Hall–Kier alpha value is -1.02. The lowest BCUT2D eigenvalue weighted by Crippen LogP contribution is -2.45. The van der Waals surface area contributed by atoms with E-state index in [1.54, 1.807) is 6.08 Å². The number of allylic oxidation sites excluding steroid dienone is 3. The van der Waals surface area contributed by atoms with Crippen molar-refractivity contribution < 1.29 is 32.9 Å². The smallest absolute Gasteiger partial charge is 0.387 e. The van der Waals surface area contributed by atoms with Crippen molar-refractivity contribution in [3.63, 3.8) is 0 Å². The third-order valence-corrected chi connectivity index (χ3v) is 14.4. The van der Waals surface area contributed by atoms with Crippen LogP contribution in [0.5, 0.6) is 0 Å². The second kappa shape index (κ2) is 49.9. The molecule has 3 N–H and O–H groups in total. The molecule has 0 spiro atoms. The highest BCUT2D eigenvalue weighted by atomic mass is 31.2. The average Bonchev–Trinajstić information content (AvgIpc) is 3.29. The summed E-state index contributed by atoms with van der Waals surface area (Å²) in [5, 5.41) is 13.9. The molecule has 0 aliphatic heterocycles. The highest BCUT2D eigenvalue weighted by Crippen LogP contribution is 2.43. The Morgan fingerprint density at radius 3 is 1.19 bits per heavy atom. The summed E-state index contributed by atoms with van der Waals surface area (Å²) in [5.41, 5.74) is 0. The van der Waals surface area contributed by atoms with Crippen LogP contribution in [-0.4, -0.2) is 73.4 Å². The summed E-state index contributed by atoms with van der Waals surface area (Å²) in [7, 11) is 1.57. The summed E-state index contributed by atoms with van der Waals surface area (Å²) in [5.74, 6) is -0.180. The number of carbonyl (C=O) groups is 1. The molecule has 0 aromatic carbocycles. The van der Waals surface area contributed by atoms with Gasteiger partial charge in [0.2, 0.25) is 5.91 Å². The van der Waals surface area contributed by atoms with Crippen LogP contribution < -0.4 is 5.32 Å². The van der Waals surface area contributed by atoms with Gasteiger partial charge in [-0.05, 0) is 32.1 Å². The summed E-state index contributed by atoms with van der Waals surface area (Å²) >= 11 is 0. The molecule has 0 rings (SSSR count). The molecule has 0 aliphatic carbocycles. The first kappa shape index (κ1) is 66.0. The molecule has 0 saturated heterocycles. The lowest BCUT2D eigenvalue weighted by atomic mass is 10.0. The van der Waals surface area contributed by atoms with Crippen molar-refractivity contribution in [2.45, 2.75) is 302 Å². The second-order valence-electron chi connectivity index (χ2n) is 21.4. The maximum absolute atomic E-state index is 13.0. The van der Waals surface area contributed by atoms with Crippen molar-refractivity contribution in [1.82, 2.24) is 5.32 Å². The molecule has 0 aromatic rings. The van der Waals surface area contributed by atoms with Gasteiger partial charge in [-0.2, -0.15) is 0 Å². The predicted octanol–water partition coefficient (Wildman–Crippen LogP) is 17.6. The van der Waals surface area contributed by atoms with Crippen LogP contribution in [0.4, 0.5) is 0 Å². The van der Waals surface area contributed by atoms with Crippen molar-refractivity contribution in [3.05, 3.63) is 24.3 Å². The quantitative estimate of drug-likeness (QED) is 0.0243. The fourth-order valence-electron chi connectivity index (χ4n) is 8.83. The van der Waals surface area contributed by atoms with Gasteiger partial charge in [-0.15, -0.1) is 0 Å². The molecule has 3 atom stereocenters. The summed E-state index contributed by atoms with van der Waals surface area (Å²) in [4.78, 5) is 23.3. The SMILES string of the molecule is CCCCCCCCCCCCCCCCCCC/C=C/CC/C=C/C(O)C(COP(=O)(O)OCC[N+](C)(C)C)NC(=O)CCCCCCCCCCCCCCCCCCCCCCCC. The number of aliphatic hydroxyl groups excluding tert-OH is 1. The number of unbranched alkanes of at least 4 members (excludes halogenated alkanes) is 39. The third kappa shape index (κ3) is 52.6. The minimum atomic E-state index is -4.35. The van der Waals surface area contributed by atoms with Crippen LogP contribution in [0, 0.1) is 0 Å². The molecule has 0 aliphatic rings. The molecule has 398 valence electrons. The van der Waals surface area contributed by atoms with Gasteiger partial charge in [0.25, 0.3) is 0 Å². The van der Waals surface area contributed by atoms with Gasteiger partial charge in [-0.25, -0.2) is 4.57 Å². The number of hydrogen-bond acceptors (Lipinski definition) is 5. The van der Waals surface area contributed by atoms with E-state index in [1.165, 1.54) is 231 Å². The number of quaternary nitrogens is 1. The Labute approximate surface area is 417 Å². The van der Waals surface area contributed by atoms with E-state index in [0.29, 0.717) is 17.4 Å². The average molecular weight is 969 g/mol. The molecule has 0 heterocycles. The van der Waals surface area contributed by atoms with E-state index in [-0.39, 0.29) is 19.1 Å². The number of nitrogens with zero attached hydrogens (tertiary/aromatic N) is 1. The van der Waals surface area contributed by atoms with E-state index in [4.69, 9.17) is 9.05 Å². The highest BCUT2D eigenvalue weighted by Gasteiger charge is 2.27. The number of aliphatic hydroxyl groups is 1. The number of hydrogen-bond donors (Lipinski definition) is 3. The molecule has 0 aromatic heterocycles. The summed E-state index contributed by atoms with van der Waals surface area (Å²) < 4.78 is 23.7. The van der Waals surface area contributed by atoms with Crippen molar-refractivity contribution in [1.29, 1.82) is 0 Å². The van der Waals surface area contributed by atoms with Crippen LogP contribution in [0.1, 0.15) is 290 Å².